The maximum Gasteiger partial charge on any atom is 0.239 e. The Hall–Kier alpha value is -1.73. The smallest absolute Gasteiger partial charge is 0.239 e. The molecule has 7 heteroatoms. The number of likely N-dealkylation sites (N-methyl/N-ethyl adjacent to an activating group) is 1. The van der Waals surface area contributed by atoms with Gasteiger partial charge in [0.15, 0.2) is 0 Å². The lowest BCUT2D eigenvalue weighted by molar-refractivity contribution is -0.119. The van der Waals surface area contributed by atoms with E-state index < -0.39 is 0 Å². The number of hydrogen-bond donors (Lipinski definition) is 1. The van der Waals surface area contributed by atoms with Gasteiger partial charge in [-0.1, -0.05) is 0 Å². The van der Waals surface area contributed by atoms with Gasteiger partial charge >= 0.3 is 0 Å². The highest BCUT2D eigenvalue weighted by Crippen LogP contribution is 2.33. The van der Waals surface area contributed by atoms with Gasteiger partial charge in [-0.15, -0.1) is 11.3 Å². The van der Waals surface area contributed by atoms with Gasteiger partial charge in [-0.25, -0.2) is 9.97 Å². The molecule has 0 spiro atoms. The standard InChI is InChI=1S/C15H22N4O2S/c1-10-11(2)22-15-13(10)14(17-9-18-15)19(3)8-12(20)16-6-5-7-21-4/h9H,5-8H2,1-4H3,(H,16,20). The van der Waals surface area contributed by atoms with Gasteiger partial charge in [0.25, 0.3) is 0 Å². The molecule has 0 aliphatic carbocycles. The number of nitrogens with zero attached hydrogens (tertiary/aromatic N) is 3. The molecule has 0 aliphatic heterocycles. The minimum atomic E-state index is -0.0185. The number of aryl methyl sites for hydroxylation is 2. The number of anilines is 1. The monoisotopic (exact) mass is 322 g/mol. The lowest BCUT2D eigenvalue weighted by Crippen LogP contribution is -2.36. The van der Waals surface area contributed by atoms with Crippen LogP contribution in [0.1, 0.15) is 16.9 Å². The maximum absolute atomic E-state index is 12.0. The van der Waals surface area contributed by atoms with E-state index in [0.717, 1.165) is 22.5 Å². The Morgan fingerprint density at radius 3 is 2.91 bits per heavy atom. The summed E-state index contributed by atoms with van der Waals surface area (Å²) in [6, 6.07) is 0. The van der Waals surface area contributed by atoms with Gasteiger partial charge in [0, 0.05) is 32.2 Å². The van der Waals surface area contributed by atoms with Gasteiger partial charge in [-0.2, -0.15) is 0 Å². The first-order valence-corrected chi connectivity index (χ1v) is 8.03. The minimum Gasteiger partial charge on any atom is -0.385 e. The molecule has 0 unspecified atom stereocenters. The van der Waals surface area contributed by atoms with Gasteiger partial charge in [-0.3, -0.25) is 4.79 Å². The van der Waals surface area contributed by atoms with Crippen molar-refractivity contribution in [3.63, 3.8) is 0 Å². The van der Waals surface area contributed by atoms with Crippen molar-refractivity contribution in [2.45, 2.75) is 20.3 Å². The van der Waals surface area contributed by atoms with Crippen molar-refractivity contribution in [1.82, 2.24) is 15.3 Å². The predicted molar refractivity (Wildman–Crippen MR) is 89.7 cm³/mol. The first kappa shape index (κ1) is 16.6. The van der Waals surface area contributed by atoms with Crippen LogP contribution in [0.4, 0.5) is 5.82 Å². The van der Waals surface area contributed by atoms with E-state index in [-0.39, 0.29) is 12.5 Å². The fourth-order valence-corrected chi connectivity index (χ4v) is 3.24. The van der Waals surface area contributed by atoms with Gasteiger partial charge < -0.3 is 15.0 Å². The second kappa shape index (κ2) is 7.51. The lowest BCUT2D eigenvalue weighted by atomic mass is 10.2. The van der Waals surface area contributed by atoms with Gasteiger partial charge in [0.2, 0.25) is 5.91 Å². The molecule has 1 amide bonds. The number of nitrogens with one attached hydrogen (secondary N) is 1. The summed E-state index contributed by atoms with van der Waals surface area (Å²) in [5.74, 6) is 0.786. The van der Waals surface area contributed by atoms with Crippen LogP contribution in [0.25, 0.3) is 10.2 Å². The second-order valence-electron chi connectivity index (χ2n) is 5.21. The number of thiophene rings is 1. The predicted octanol–water partition coefficient (Wildman–Crippen LogP) is 1.90. The number of aromatic nitrogens is 2. The third-order valence-corrected chi connectivity index (χ3v) is 4.65. The summed E-state index contributed by atoms with van der Waals surface area (Å²) in [4.78, 5) is 24.7. The number of carbonyl (C=O) groups is 1. The molecule has 0 saturated heterocycles. The zero-order valence-corrected chi connectivity index (χ0v) is 14.3. The van der Waals surface area contributed by atoms with Crippen LogP contribution in [0.15, 0.2) is 6.33 Å². The molecule has 2 rings (SSSR count). The van der Waals surface area contributed by atoms with Crippen LogP contribution in [-0.2, 0) is 9.53 Å². The van der Waals surface area contributed by atoms with Crippen LogP contribution in [0.5, 0.6) is 0 Å². The van der Waals surface area contributed by atoms with Crippen LogP contribution >= 0.6 is 11.3 Å². The summed E-state index contributed by atoms with van der Waals surface area (Å²) >= 11 is 1.66. The molecular weight excluding hydrogens is 300 g/mol. The molecule has 22 heavy (non-hydrogen) atoms. The molecule has 1 N–H and O–H groups in total. The Bertz CT molecular complexity index is 656. The molecule has 2 heterocycles. The number of hydrogen-bond acceptors (Lipinski definition) is 6. The molecule has 0 aliphatic rings. The Balaban J connectivity index is 2.06. The van der Waals surface area contributed by atoms with Crippen molar-refractivity contribution in [2.24, 2.45) is 0 Å². The Kier molecular flexibility index (Phi) is 5.68. The largest absolute Gasteiger partial charge is 0.385 e. The normalized spacial score (nSPS) is 10.9. The highest BCUT2D eigenvalue weighted by Gasteiger charge is 2.16. The molecular formula is C15H22N4O2S. The van der Waals surface area contributed by atoms with Crippen LogP contribution in [-0.4, -0.2) is 49.7 Å². The van der Waals surface area contributed by atoms with E-state index in [1.165, 1.54) is 10.4 Å². The molecule has 0 atom stereocenters. The van der Waals surface area contributed by atoms with E-state index >= 15 is 0 Å². The summed E-state index contributed by atoms with van der Waals surface area (Å²) in [7, 11) is 3.53. The number of ether oxygens (including phenoxy) is 1. The Morgan fingerprint density at radius 1 is 1.41 bits per heavy atom. The molecule has 2 aromatic rings. The summed E-state index contributed by atoms with van der Waals surface area (Å²) in [5.41, 5.74) is 1.18. The maximum atomic E-state index is 12.0. The number of rotatable bonds is 7. The number of methoxy groups -OCH3 is 1. The van der Waals surface area contributed by atoms with Gasteiger partial charge in [-0.05, 0) is 25.8 Å². The van der Waals surface area contributed by atoms with E-state index in [1.807, 2.05) is 11.9 Å². The number of fused-ring (bicyclic) bond motifs is 1. The average Bonchev–Trinajstić information content (AvgIpc) is 2.78. The highest BCUT2D eigenvalue weighted by molar-refractivity contribution is 7.18. The van der Waals surface area contributed by atoms with Crippen LogP contribution in [0.2, 0.25) is 0 Å². The van der Waals surface area contributed by atoms with Crippen LogP contribution < -0.4 is 10.2 Å². The van der Waals surface area contributed by atoms with Crippen molar-refractivity contribution < 1.29 is 9.53 Å². The van der Waals surface area contributed by atoms with Crippen molar-refractivity contribution in [1.29, 1.82) is 0 Å². The molecule has 0 aromatic carbocycles. The minimum absolute atomic E-state index is 0.0185. The van der Waals surface area contributed by atoms with Gasteiger partial charge in [0.1, 0.15) is 17.0 Å². The molecule has 2 aromatic heterocycles. The molecule has 0 bridgehead atoms. The molecule has 0 fully saturated rings. The van der Waals surface area contributed by atoms with E-state index in [2.05, 4.69) is 29.1 Å². The summed E-state index contributed by atoms with van der Waals surface area (Å²) < 4.78 is 4.96. The quantitative estimate of drug-likeness (QED) is 0.789. The zero-order chi connectivity index (χ0) is 16.1. The molecule has 120 valence electrons. The highest BCUT2D eigenvalue weighted by atomic mass is 32.1. The SMILES string of the molecule is COCCCNC(=O)CN(C)c1ncnc2sc(C)c(C)c12. The average molecular weight is 322 g/mol. The van der Waals surface area contributed by atoms with E-state index in [0.29, 0.717) is 13.2 Å². The lowest BCUT2D eigenvalue weighted by Gasteiger charge is -2.18. The van der Waals surface area contributed by atoms with E-state index in [1.54, 1.807) is 24.8 Å². The second-order valence-corrected chi connectivity index (χ2v) is 6.42. The fraction of sp³-hybridized carbons (Fsp3) is 0.533. The van der Waals surface area contributed by atoms with E-state index in [9.17, 15) is 4.79 Å². The summed E-state index contributed by atoms with van der Waals surface area (Å²) in [6.07, 6.45) is 2.37. The Morgan fingerprint density at radius 2 is 2.18 bits per heavy atom. The van der Waals surface area contributed by atoms with Crippen molar-refractivity contribution in [2.75, 3.05) is 38.8 Å². The van der Waals surface area contributed by atoms with Crippen molar-refractivity contribution in [3.05, 3.63) is 16.8 Å². The van der Waals surface area contributed by atoms with Crippen LogP contribution in [0.3, 0.4) is 0 Å². The van der Waals surface area contributed by atoms with E-state index in [4.69, 9.17) is 4.74 Å². The Labute approximate surface area is 134 Å². The third-order valence-electron chi connectivity index (χ3n) is 3.54. The molecule has 0 saturated carbocycles. The number of carbonyl (C=O) groups excluding carboxylic acids is 1. The van der Waals surface area contributed by atoms with Gasteiger partial charge in [0.05, 0.1) is 11.9 Å². The fourth-order valence-electron chi connectivity index (χ4n) is 2.24. The first-order chi connectivity index (χ1) is 10.5. The summed E-state index contributed by atoms with van der Waals surface area (Å²) in [6.45, 7) is 5.69. The van der Waals surface area contributed by atoms with Crippen molar-refractivity contribution in [3.8, 4) is 0 Å². The first-order valence-electron chi connectivity index (χ1n) is 7.22. The third kappa shape index (κ3) is 3.72. The van der Waals surface area contributed by atoms with Crippen LogP contribution in [0, 0.1) is 13.8 Å². The van der Waals surface area contributed by atoms with Crippen molar-refractivity contribution >= 4 is 33.3 Å². The molecule has 6 nitrogen and oxygen atoms in total. The zero-order valence-electron chi connectivity index (χ0n) is 13.5. The number of amides is 1. The topological polar surface area (TPSA) is 67.3 Å². The molecule has 0 radical (unpaired) electrons. The summed E-state index contributed by atoms with van der Waals surface area (Å²) in [5, 5.41) is 3.93.